The molecule has 1 saturated carbocycles. The molecule has 1 aliphatic carbocycles. The highest BCUT2D eigenvalue weighted by Gasteiger charge is 2.33. The van der Waals surface area contributed by atoms with E-state index in [0.717, 1.165) is 10.8 Å². The van der Waals surface area contributed by atoms with E-state index in [1.54, 1.807) is 6.07 Å². The van der Waals surface area contributed by atoms with E-state index in [1.807, 2.05) is 50.5 Å². The van der Waals surface area contributed by atoms with Gasteiger partial charge in [-0.2, -0.15) is 0 Å². The quantitative estimate of drug-likeness (QED) is 0.829. The van der Waals surface area contributed by atoms with Crippen LogP contribution in [-0.2, 0) is 9.59 Å². The lowest BCUT2D eigenvalue weighted by molar-refractivity contribution is -0.136. The first-order valence-corrected chi connectivity index (χ1v) is 8.29. The highest BCUT2D eigenvalue weighted by molar-refractivity contribution is 6.40. The number of nitrogens with one attached hydrogen (secondary N) is 2. The zero-order valence-electron chi connectivity index (χ0n) is 14.1. The molecule has 24 heavy (non-hydrogen) atoms. The number of carbonyl (C=O) groups excluding carboxylic acids is 2. The summed E-state index contributed by atoms with van der Waals surface area (Å²) in [5.41, 5.74) is 0.652. The third kappa shape index (κ3) is 3.74. The lowest BCUT2D eigenvalue weighted by atomic mass is 10.1. The molecule has 2 aromatic carbocycles. The molecule has 1 fully saturated rings. The number of nitrogens with zero attached hydrogens (tertiary/aromatic N) is 1. The monoisotopic (exact) mass is 325 g/mol. The molecule has 5 heteroatoms. The zero-order chi connectivity index (χ0) is 17.1. The van der Waals surface area contributed by atoms with Crippen molar-refractivity contribution in [2.75, 3.05) is 26.0 Å². The van der Waals surface area contributed by atoms with E-state index in [-0.39, 0.29) is 0 Å². The lowest BCUT2D eigenvalue weighted by Gasteiger charge is -2.24. The van der Waals surface area contributed by atoms with Gasteiger partial charge >= 0.3 is 11.8 Å². The Labute approximate surface area is 142 Å². The maximum absolute atomic E-state index is 12.2. The molecule has 2 aromatic rings. The number of likely N-dealkylation sites (N-methyl/N-ethyl adjacent to an activating group) is 1. The Bertz CT molecular complexity index is 746. The van der Waals surface area contributed by atoms with Gasteiger partial charge in [0, 0.05) is 23.7 Å². The van der Waals surface area contributed by atoms with Gasteiger partial charge in [0.1, 0.15) is 0 Å². The van der Waals surface area contributed by atoms with E-state index in [4.69, 9.17) is 0 Å². The van der Waals surface area contributed by atoms with E-state index in [0.29, 0.717) is 24.2 Å². The minimum absolute atomic E-state index is 0.291. The molecule has 2 amide bonds. The largest absolute Gasteiger partial charge is 0.346 e. The van der Waals surface area contributed by atoms with Crippen LogP contribution >= 0.6 is 0 Å². The maximum Gasteiger partial charge on any atom is 0.313 e. The Kier molecular flexibility index (Phi) is 4.81. The first kappa shape index (κ1) is 16.5. The van der Waals surface area contributed by atoms with Gasteiger partial charge < -0.3 is 15.5 Å². The van der Waals surface area contributed by atoms with Crippen molar-refractivity contribution in [2.45, 2.75) is 18.9 Å². The van der Waals surface area contributed by atoms with Gasteiger partial charge in [-0.3, -0.25) is 9.59 Å². The summed E-state index contributed by atoms with van der Waals surface area (Å²) in [4.78, 5) is 26.4. The Morgan fingerprint density at radius 2 is 1.79 bits per heavy atom. The van der Waals surface area contributed by atoms with Gasteiger partial charge in [0.25, 0.3) is 0 Å². The second kappa shape index (κ2) is 7.01. The van der Waals surface area contributed by atoms with Crippen LogP contribution in [0.25, 0.3) is 10.8 Å². The van der Waals surface area contributed by atoms with Crippen molar-refractivity contribution in [3.63, 3.8) is 0 Å². The van der Waals surface area contributed by atoms with Crippen molar-refractivity contribution >= 4 is 28.3 Å². The Morgan fingerprint density at radius 1 is 1.08 bits per heavy atom. The smallest absolute Gasteiger partial charge is 0.313 e. The number of hydrogen-bond donors (Lipinski definition) is 2. The third-order valence-electron chi connectivity index (χ3n) is 4.55. The van der Waals surface area contributed by atoms with Gasteiger partial charge in [0.2, 0.25) is 0 Å². The number of fused-ring (bicyclic) bond motifs is 1. The fourth-order valence-corrected chi connectivity index (χ4v) is 3.04. The van der Waals surface area contributed by atoms with Crippen molar-refractivity contribution < 1.29 is 9.59 Å². The predicted octanol–water partition coefficient (Wildman–Crippen LogP) is 2.23. The molecule has 0 heterocycles. The minimum Gasteiger partial charge on any atom is -0.346 e. The average Bonchev–Trinajstić information content (AvgIpc) is 3.39. The van der Waals surface area contributed by atoms with Gasteiger partial charge in [-0.05, 0) is 44.3 Å². The molecule has 0 aromatic heterocycles. The van der Waals surface area contributed by atoms with Gasteiger partial charge in [-0.15, -0.1) is 0 Å². The summed E-state index contributed by atoms with van der Waals surface area (Å²) in [5, 5.41) is 7.43. The molecule has 0 saturated heterocycles. The highest BCUT2D eigenvalue weighted by Crippen LogP contribution is 2.34. The van der Waals surface area contributed by atoms with Crippen LogP contribution in [0.2, 0.25) is 0 Å². The summed E-state index contributed by atoms with van der Waals surface area (Å²) >= 11 is 0. The standard InChI is InChI=1S/C19H23N3O2/c1-22(2)17(14-10-11-14)12-20-18(23)19(24)21-16-9-5-7-13-6-3-4-8-15(13)16/h3-9,14,17H,10-12H2,1-2H3,(H,20,23)(H,21,24)/t17-/m0/s1. The van der Waals surface area contributed by atoms with E-state index in [9.17, 15) is 9.59 Å². The number of carbonyl (C=O) groups is 2. The van der Waals surface area contributed by atoms with Crippen LogP contribution < -0.4 is 10.6 Å². The number of hydrogen-bond acceptors (Lipinski definition) is 3. The van der Waals surface area contributed by atoms with Crippen molar-refractivity contribution in [2.24, 2.45) is 5.92 Å². The Morgan fingerprint density at radius 3 is 2.50 bits per heavy atom. The number of anilines is 1. The van der Waals surface area contributed by atoms with Crippen molar-refractivity contribution in [1.82, 2.24) is 10.2 Å². The van der Waals surface area contributed by atoms with Crippen LogP contribution in [0.1, 0.15) is 12.8 Å². The molecule has 0 unspecified atom stereocenters. The fourth-order valence-electron chi connectivity index (χ4n) is 3.04. The van der Waals surface area contributed by atoms with E-state index >= 15 is 0 Å². The summed E-state index contributed by atoms with van der Waals surface area (Å²) in [6, 6.07) is 13.7. The molecule has 3 rings (SSSR count). The number of rotatable bonds is 5. The second-order valence-electron chi connectivity index (χ2n) is 6.56. The first-order valence-electron chi connectivity index (χ1n) is 8.29. The van der Waals surface area contributed by atoms with Gasteiger partial charge in [0.15, 0.2) is 0 Å². The third-order valence-corrected chi connectivity index (χ3v) is 4.55. The maximum atomic E-state index is 12.2. The SMILES string of the molecule is CN(C)[C@@H](CNC(=O)C(=O)Nc1cccc2ccccc12)C1CC1. The molecule has 126 valence electrons. The molecule has 0 bridgehead atoms. The second-order valence-corrected chi connectivity index (χ2v) is 6.56. The van der Waals surface area contributed by atoms with Crippen LogP contribution in [0.3, 0.4) is 0 Å². The minimum atomic E-state index is -0.625. The van der Waals surface area contributed by atoms with Gasteiger partial charge in [0.05, 0.1) is 0 Å². The first-order chi connectivity index (χ1) is 11.6. The molecular formula is C19H23N3O2. The summed E-state index contributed by atoms with van der Waals surface area (Å²) in [6.45, 7) is 0.499. The molecule has 0 spiro atoms. The predicted molar refractivity (Wildman–Crippen MR) is 95.8 cm³/mol. The molecule has 1 aliphatic rings. The van der Waals surface area contributed by atoms with Crippen LogP contribution in [0, 0.1) is 5.92 Å². The lowest BCUT2D eigenvalue weighted by Crippen LogP contribution is -2.45. The Balaban J connectivity index is 1.62. The molecule has 0 radical (unpaired) electrons. The van der Waals surface area contributed by atoms with E-state index < -0.39 is 11.8 Å². The van der Waals surface area contributed by atoms with E-state index in [1.165, 1.54) is 12.8 Å². The molecule has 1 atom stereocenters. The van der Waals surface area contributed by atoms with E-state index in [2.05, 4.69) is 15.5 Å². The van der Waals surface area contributed by atoms with Gasteiger partial charge in [-0.25, -0.2) is 0 Å². The molecule has 0 aliphatic heterocycles. The normalized spacial score (nSPS) is 15.3. The number of benzene rings is 2. The van der Waals surface area contributed by atoms with Crippen molar-refractivity contribution in [1.29, 1.82) is 0 Å². The average molecular weight is 325 g/mol. The molecule has 2 N–H and O–H groups in total. The van der Waals surface area contributed by atoms with Crippen LogP contribution in [0.5, 0.6) is 0 Å². The summed E-state index contributed by atoms with van der Waals surface area (Å²) in [6.07, 6.45) is 2.39. The highest BCUT2D eigenvalue weighted by atomic mass is 16.2. The van der Waals surface area contributed by atoms with Crippen molar-refractivity contribution in [3.05, 3.63) is 42.5 Å². The summed E-state index contributed by atoms with van der Waals surface area (Å²) in [7, 11) is 4.01. The topological polar surface area (TPSA) is 61.4 Å². The van der Waals surface area contributed by atoms with Crippen LogP contribution in [-0.4, -0.2) is 43.4 Å². The zero-order valence-corrected chi connectivity index (χ0v) is 14.1. The molecule has 5 nitrogen and oxygen atoms in total. The summed E-state index contributed by atoms with van der Waals surface area (Å²) in [5.74, 6) is -0.587. The number of amides is 2. The fraction of sp³-hybridized carbons (Fsp3) is 0.368. The summed E-state index contributed by atoms with van der Waals surface area (Å²) < 4.78 is 0. The van der Waals surface area contributed by atoms with Gasteiger partial charge in [-0.1, -0.05) is 36.4 Å². The van der Waals surface area contributed by atoms with Crippen molar-refractivity contribution in [3.8, 4) is 0 Å². The van der Waals surface area contributed by atoms with Crippen LogP contribution in [0.15, 0.2) is 42.5 Å². The van der Waals surface area contributed by atoms with Crippen LogP contribution in [0.4, 0.5) is 5.69 Å². The molecular weight excluding hydrogens is 302 g/mol. The Hall–Kier alpha value is -2.40.